The summed E-state index contributed by atoms with van der Waals surface area (Å²) in [6, 6.07) is 5.61. The molecule has 20 heavy (non-hydrogen) atoms. The number of benzene rings is 1. The van der Waals surface area contributed by atoms with Gasteiger partial charge in [-0.2, -0.15) is 0 Å². The van der Waals surface area contributed by atoms with Crippen molar-refractivity contribution in [2.24, 2.45) is 0 Å². The summed E-state index contributed by atoms with van der Waals surface area (Å²) in [6.45, 7) is 5.83. The quantitative estimate of drug-likeness (QED) is 0.826. The summed E-state index contributed by atoms with van der Waals surface area (Å²) < 4.78 is 11.7. The highest BCUT2D eigenvalue weighted by Crippen LogP contribution is 2.34. The number of rotatable bonds is 7. The van der Waals surface area contributed by atoms with E-state index in [2.05, 4.69) is 12.2 Å². The van der Waals surface area contributed by atoms with Crippen LogP contribution in [0, 0.1) is 0 Å². The summed E-state index contributed by atoms with van der Waals surface area (Å²) in [5, 5.41) is 4.68. The van der Waals surface area contributed by atoms with Gasteiger partial charge < -0.3 is 14.8 Å². The van der Waals surface area contributed by atoms with Crippen LogP contribution in [-0.4, -0.2) is 31.4 Å². The molecule has 0 spiro atoms. The molecule has 0 aromatic heterocycles. The number of nitrogens with one attached hydrogen (secondary N) is 1. The van der Waals surface area contributed by atoms with Gasteiger partial charge in [0.05, 0.1) is 5.02 Å². The molecule has 112 valence electrons. The predicted octanol–water partition coefficient (Wildman–Crippen LogP) is 3.92. The molecular formula is C15H21Cl2NO2. The van der Waals surface area contributed by atoms with Crippen LogP contribution in [0.3, 0.4) is 0 Å². The van der Waals surface area contributed by atoms with Gasteiger partial charge in [0.1, 0.15) is 18.0 Å². The van der Waals surface area contributed by atoms with Gasteiger partial charge in [-0.3, -0.25) is 0 Å². The smallest absolute Gasteiger partial charge is 0.139 e. The first-order chi connectivity index (χ1) is 9.65. The minimum absolute atomic E-state index is 0.0280. The lowest BCUT2D eigenvalue weighted by Gasteiger charge is -2.44. The number of ether oxygens (including phenoxy) is 2. The van der Waals surface area contributed by atoms with E-state index in [1.165, 1.54) is 0 Å². The van der Waals surface area contributed by atoms with Gasteiger partial charge in [-0.25, -0.2) is 0 Å². The first-order valence-corrected chi connectivity index (χ1v) is 7.88. The fourth-order valence-corrected chi connectivity index (χ4v) is 2.70. The predicted molar refractivity (Wildman–Crippen MR) is 83.0 cm³/mol. The molecule has 1 N–H and O–H groups in total. The van der Waals surface area contributed by atoms with Crippen molar-refractivity contribution in [2.45, 2.75) is 44.9 Å². The average Bonchev–Trinajstić information content (AvgIpc) is 2.43. The van der Waals surface area contributed by atoms with Crippen molar-refractivity contribution in [1.82, 2.24) is 5.32 Å². The normalized spacial score (nSPS) is 25.3. The van der Waals surface area contributed by atoms with E-state index in [4.69, 9.17) is 32.7 Å². The van der Waals surface area contributed by atoms with Gasteiger partial charge in [0, 0.05) is 30.2 Å². The molecule has 3 nitrogen and oxygen atoms in total. The maximum Gasteiger partial charge on any atom is 0.139 e. The van der Waals surface area contributed by atoms with Crippen molar-refractivity contribution in [1.29, 1.82) is 0 Å². The highest BCUT2D eigenvalue weighted by molar-refractivity contribution is 6.34. The first kappa shape index (κ1) is 15.9. The Hall–Kier alpha value is -0.480. The Bertz CT molecular complexity index is 442. The van der Waals surface area contributed by atoms with Crippen molar-refractivity contribution >= 4 is 23.2 Å². The van der Waals surface area contributed by atoms with Gasteiger partial charge >= 0.3 is 0 Å². The lowest BCUT2D eigenvalue weighted by atomic mass is 9.85. The van der Waals surface area contributed by atoms with Crippen molar-refractivity contribution in [3.8, 4) is 5.75 Å². The van der Waals surface area contributed by atoms with Crippen molar-refractivity contribution in [3.05, 3.63) is 28.2 Å². The fourth-order valence-electron chi connectivity index (χ4n) is 2.37. The molecule has 0 heterocycles. The monoisotopic (exact) mass is 317 g/mol. The zero-order chi connectivity index (χ0) is 14.5. The highest BCUT2D eigenvalue weighted by Gasteiger charge is 2.43. The van der Waals surface area contributed by atoms with Gasteiger partial charge in [0.25, 0.3) is 0 Å². The lowest BCUT2D eigenvalue weighted by molar-refractivity contribution is -0.104. The fraction of sp³-hybridized carbons (Fsp3) is 0.600. The molecular weight excluding hydrogens is 297 g/mol. The van der Waals surface area contributed by atoms with E-state index < -0.39 is 0 Å². The van der Waals surface area contributed by atoms with Crippen molar-refractivity contribution in [2.75, 3.05) is 13.2 Å². The maximum absolute atomic E-state index is 6.13. The van der Waals surface area contributed by atoms with Crippen LogP contribution in [0.5, 0.6) is 5.75 Å². The standard InChI is InChI=1S/C15H21Cl2NO2/c1-3-7-18-12-9-14(15(12)19-4-2)20-13-8-10(16)5-6-11(13)17/h5-6,8,12,14-15,18H,3-4,7,9H2,1-2H3. The number of hydrogen-bond donors (Lipinski definition) is 1. The Kier molecular flexibility index (Phi) is 5.97. The number of hydrogen-bond acceptors (Lipinski definition) is 3. The minimum atomic E-state index is 0.0280. The largest absolute Gasteiger partial charge is 0.486 e. The lowest BCUT2D eigenvalue weighted by Crippen LogP contribution is -2.61. The van der Waals surface area contributed by atoms with Crippen molar-refractivity contribution in [3.63, 3.8) is 0 Å². The molecule has 3 unspecified atom stereocenters. The Morgan fingerprint density at radius 3 is 2.80 bits per heavy atom. The molecule has 5 heteroatoms. The van der Waals surface area contributed by atoms with Gasteiger partial charge in [-0.05, 0) is 32.0 Å². The van der Waals surface area contributed by atoms with Crippen LogP contribution in [0.25, 0.3) is 0 Å². The van der Waals surface area contributed by atoms with Crippen molar-refractivity contribution < 1.29 is 9.47 Å². The van der Waals surface area contributed by atoms with E-state index in [9.17, 15) is 0 Å². The van der Waals surface area contributed by atoms with Gasteiger partial charge in [0.2, 0.25) is 0 Å². The maximum atomic E-state index is 6.13. The third-order valence-corrected chi connectivity index (χ3v) is 3.98. The molecule has 2 rings (SSSR count). The summed E-state index contributed by atoms with van der Waals surface area (Å²) in [4.78, 5) is 0. The molecule has 1 aromatic carbocycles. The topological polar surface area (TPSA) is 30.5 Å². The van der Waals surface area contributed by atoms with E-state index in [1.807, 2.05) is 6.92 Å². The summed E-state index contributed by atoms with van der Waals surface area (Å²) >= 11 is 12.1. The molecule has 1 saturated carbocycles. The molecule has 1 aliphatic rings. The van der Waals surface area contributed by atoms with E-state index in [0.717, 1.165) is 19.4 Å². The van der Waals surface area contributed by atoms with Crippen LogP contribution < -0.4 is 10.1 Å². The molecule has 1 aromatic rings. The molecule has 3 atom stereocenters. The second kappa shape index (κ2) is 7.51. The summed E-state index contributed by atoms with van der Waals surface area (Å²) in [5.74, 6) is 0.628. The molecule has 1 fully saturated rings. The molecule has 0 saturated heterocycles. The summed E-state index contributed by atoms with van der Waals surface area (Å²) in [5.41, 5.74) is 0. The second-order valence-corrected chi connectivity index (χ2v) is 5.79. The highest BCUT2D eigenvalue weighted by atomic mass is 35.5. The third-order valence-electron chi connectivity index (χ3n) is 3.44. The van der Waals surface area contributed by atoms with Gasteiger partial charge in [-0.15, -0.1) is 0 Å². The Labute approximate surface area is 130 Å². The SMILES string of the molecule is CCCNC1CC(Oc2cc(Cl)ccc2Cl)C1OCC. The number of halogens is 2. The molecule has 1 aliphatic carbocycles. The molecule has 0 amide bonds. The molecule has 0 radical (unpaired) electrons. The van der Waals surface area contributed by atoms with Crippen LogP contribution >= 0.6 is 23.2 Å². The molecule has 0 aliphatic heterocycles. The van der Waals surface area contributed by atoms with Crippen LogP contribution in [0.15, 0.2) is 18.2 Å². The van der Waals surface area contributed by atoms with E-state index in [1.54, 1.807) is 18.2 Å². The summed E-state index contributed by atoms with van der Waals surface area (Å²) in [7, 11) is 0. The zero-order valence-electron chi connectivity index (χ0n) is 11.9. The zero-order valence-corrected chi connectivity index (χ0v) is 13.4. The minimum Gasteiger partial charge on any atom is -0.486 e. The van der Waals surface area contributed by atoms with E-state index >= 15 is 0 Å². The second-order valence-electron chi connectivity index (χ2n) is 4.95. The van der Waals surface area contributed by atoms with Crippen LogP contribution in [0.1, 0.15) is 26.7 Å². The first-order valence-electron chi connectivity index (χ1n) is 7.12. The van der Waals surface area contributed by atoms with Crippen LogP contribution in [0.2, 0.25) is 10.0 Å². The average molecular weight is 318 g/mol. The Balaban J connectivity index is 1.97. The van der Waals surface area contributed by atoms with E-state index in [0.29, 0.717) is 28.4 Å². The van der Waals surface area contributed by atoms with Crippen LogP contribution in [0.4, 0.5) is 0 Å². The third kappa shape index (κ3) is 3.79. The van der Waals surface area contributed by atoms with Crippen LogP contribution in [-0.2, 0) is 4.74 Å². The van der Waals surface area contributed by atoms with E-state index in [-0.39, 0.29) is 12.2 Å². The molecule has 0 bridgehead atoms. The Morgan fingerprint density at radius 2 is 2.10 bits per heavy atom. The van der Waals surface area contributed by atoms with Gasteiger partial charge in [-0.1, -0.05) is 30.1 Å². The Morgan fingerprint density at radius 1 is 1.30 bits per heavy atom. The van der Waals surface area contributed by atoms with Gasteiger partial charge in [0.15, 0.2) is 0 Å². The summed E-state index contributed by atoms with van der Waals surface area (Å²) in [6.07, 6.45) is 2.14.